The zero-order chi connectivity index (χ0) is 13.0. The van der Waals surface area contributed by atoms with Crippen molar-refractivity contribution in [3.05, 3.63) is 29.8 Å². The molecule has 1 aromatic rings. The molecule has 0 heterocycles. The molecule has 1 saturated carbocycles. The lowest BCUT2D eigenvalue weighted by molar-refractivity contribution is -0.123. The molecule has 4 heteroatoms. The van der Waals surface area contributed by atoms with Crippen molar-refractivity contribution in [2.45, 2.75) is 38.3 Å². The highest BCUT2D eigenvalue weighted by molar-refractivity contribution is 5.79. The first-order valence-corrected chi connectivity index (χ1v) is 6.42. The van der Waals surface area contributed by atoms with Crippen LogP contribution in [-0.2, 0) is 16.0 Å². The van der Waals surface area contributed by atoms with Crippen molar-refractivity contribution >= 4 is 11.6 Å². The highest BCUT2D eigenvalue weighted by Gasteiger charge is 2.30. The normalized spacial score (nSPS) is 22.3. The number of amides is 1. The molecule has 0 atom stereocenters. The number of anilines is 1. The van der Waals surface area contributed by atoms with Gasteiger partial charge in [-0.05, 0) is 37.5 Å². The fraction of sp³-hybridized carbons (Fsp3) is 0.500. The van der Waals surface area contributed by atoms with E-state index in [4.69, 9.17) is 10.5 Å². The number of carbonyl (C=O) groups excluding carboxylic acids is 1. The number of hydrogen-bond acceptors (Lipinski definition) is 3. The van der Waals surface area contributed by atoms with Gasteiger partial charge in [-0.1, -0.05) is 12.1 Å². The lowest BCUT2D eigenvalue weighted by Gasteiger charge is -2.35. The summed E-state index contributed by atoms with van der Waals surface area (Å²) in [5, 5.41) is 3.02. The minimum Gasteiger partial charge on any atom is -0.399 e. The first-order valence-electron chi connectivity index (χ1n) is 6.42. The summed E-state index contributed by atoms with van der Waals surface area (Å²) < 4.78 is 5.46. The molecule has 3 N–H and O–H groups in total. The van der Waals surface area contributed by atoms with Crippen molar-refractivity contribution in [3.8, 4) is 0 Å². The third-order valence-corrected chi connectivity index (χ3v) is 3.21. The highest BCUT2D eigenvalue weighted by Crippen LogP contribution is 2.23. The zero-order valence-electron chi connectivity index (χ0n) is 10.7. The summed E-state index contributed by atoms with van der Waals surface area (Å²) in [6.45, 7) is 2.74. The molecule has 0 bridgehead atoms. The number of hydrogen-bond donors (Lipinski definition) is 2. The molecule has 0 radical (unpaired) electrons. The number of benzene rings is 1. The van der Waals surface area contributed by atoms with E-state index in [0.29, 0.717) is 12.5 Å². The van der Waals surface area contributed by atoms with Gasteiger partial charge in [0, 0.05) is 18.3 Å². The van der Waals surface area contributed by atoms with Gasteiger partial charge in [-0.15, -0.1) is 0 Å². The number of rotatable bonds is 5. The predicted octanol–water partition coefficient (Wildman–Crippen LogP) is 1.49. The molecular weight excluding hydrogens is 228 g/mol. The van der Waals surface area contributed by atoms with Crippen LogP contribution in [0.2, 0.25) is 0 Å². The van der Waals surface area contributed by atoms with Crippen molar-refractivity contribution in [2.24, 2.45) is 0 Å². The second-order valence-corrected chi connectivity index (χ2v) is 4.73. The molecule has 1 aliphatic carbocycles. The first kappa shape index (κ1) is 12.9. The van der Waals surface area contributed by atoms with E-state index in [1.807, 2.05) is 31.2 Å². The Labute approximate surface area is 108 Å². The molecule has 0 unspecified atom stereocenters. The van der Waals surface area contributed by atoms with Crippen LogP contribution in [0, 0.1) is 0 Å². The van der Waals surface area contributed by atoms with Crippen LogP contribution in [0.4, 0.5) is 5.69 Å². The van der Waals surface area contributed by atoms with Gasteiger partial charge >= 0.3 is 0 Å². The smallest absolute Gasteiger partial charge is 0.224 e. The lowest BCUT2D eigenvalue weighted by Crippen LogP contribution is -2.48. The summed E-state index contributed by atoms with van der Waals surface area (Å²) in [5.74, 6) is 0.0692. The van der Waals surface area contributed by atoms with E-state index in [-0.39, 0.29) is 11.9 Å². The first-order chi connectivity index (χ1) is 8.67. The van der Waals surface area contributed by atoms with Gasteiger partial charge in [0.05, 0.1) is 12.5 Å². The molecular formula is C14H20N2O2. The quantitative estimate of drug-likeness (QED) is 0.776. The third kappa shape index (κ3) is 3.47. The van der Waals surface area contributed by atoms with Gasteiger partial charge in [0.1, 0.15) is 0 Å². The molecule has 18 heavy (non-hydrogen) atoms. The predicted molar refractivity (Wildman–Crippen MR) is 71.1 cm³/mol. The van der Waals surface area contributed by atoms with Crippen LogP contribution in [0.15, 0.2) is 24.3 Å². The monoisotopic (exact) mass is 248 g/mol. The third-order valence-electron chi connectivity index (χ3n) is 3.21. The summed E-state index contributed by atoms with van der Waals surface area (Å²) in [6.07, 6.45) is 2.61. The van der Waals surface area contributed by atoms with Gasteiger partial charge in [-0.3, -0.25) is 4.79 Å². The molecule has 2 rings (SSSR count). The fourth-order valence-corrected chi connectivity index (χ4v) is 2.15. The minimum absolute atomic E-state index is 0.0692. The summed E-state index contributed by atoms with van der Waals surface area (Å²) >= 11 is 0. The standard InChI is InChI=1S/C14H20N2O2/c1-2-18-13-8-12(9-13)16-14(17)7-10-3-5-11(15)6-4-10/h3-6,12-13H,2,7-9,15H2,1H3,(H,16,17). The van der Waals surface area contributed by atoms with E-state index in [0.717, 1.165) is 30.7 Å². The van der Waals surface area contributed by atoms with Crippen molar-refractivity contribution in [3.63, 3.8) is 0 Å². The Balaban J connectivity index is 1.72. The Morgan fingerprint density at radius 2 is 2.06 bits per heavy atom. The van der Waals surface area contributed by atoms with Gasteiger partial charge in [0.25, 0.3) is 0 Å². The van der Waals surface area contributed by atoms with Crippen molar-refractivity contribution in [1.82, 2.24) is 5.32 Å². The van der Waals surface area contributed by atoms with Crippen LogP contribution in [0.3, 0.4) is 0 Å². The molecule has 0 aliphatic heterocycles. The van der Waals surface area contributed by atoms with Crippen molar-refractivity contribution in [2.75, 3.05) is 12.3 Å². The topological polar surface area (TPSA) is 64.3 Å². The van der Waals surface area contributed by atoms with Crippen LogP contribution in [-0.4, -0.2) is 24.7 Å². The molecule has 0 spiro atoms. The molecule has 1 fully saturated rings. The maximum atomic E-state index is 11.8. The van der Waals surface area contributed by atoms with Crippen LogP contribution in [0.25, 0.3) is 0 Å². The fourth-order valence-electron chi connectivity index (χ4n) is 2.15. The number of ether oxygens (including phenoxy) is 1. The number of nitrogen functional groups attached to an aromatic ring is 1. The average Bonchev–Trinajstić information content (AvgIpc) is 2.29. The molecule has 1 amide bonds. The van der Waals surface area contributed by atoms with E-state index in [1.54, 1.807) is 0 Å². The summed E-state index contributed by atoms with van der Waals surface area (Å²) in [7, 11) is 0. The Kier molecular flexibility index (Phi) is 4.20. The van der Waals surface area contributed by atoms with E-state index in [2.05, 4.69) is 5.32 Å². The Morgan fingerprint density at radius 3 is 2.67 bits per heavy atom. The molecule has 4 nitrogen and oxygen atoms in total. The van der Waals surface area contributed by atoms with Gasteiger partial charge < -0.3 is 15.8 Å². The summed E-state index contributed by atoms with van der Waals surface area (Å²) in [4.78, 5) is 11.8. The largest absolute Gasteiger partial charge is 0.399 e. The maximum absolute atomic E-state index is 11.8. The molecule has 0 saturated heterocycles. The number of nitrogens with one attached hydrogen (secondary N) is 1. The Bertz CT molecular complexity index is 397. The van der Waals surface area contributed by atoms with Crippen LogP contribution < -0.4 is 11.1 Å². The van der Waals surface area contributed by atoms with E-state index in [9.17, 15) is 4.79 Å². The molecule has 1 aromatic carbocycles. The van der Waals surface area contributed by atoms with Gasteiger partial charge in [0.15, 0.2) is 0 Å². The van der Waals surface area contributed by atoms with E-state index >= 15 is 0 Å². The number of carbonyl (C=O) groups is 1. The molecule has 1 aliphatic rings. The zero-order valence-corrected chi connectivity index (χ0v) is 10.7. The summed E-state index contributed by atoms with van der Waals surface area (Å²) in [6, 6.07) is 7.69. The molecule has 0 aromatic heterocycles. The van der Waals surface area contributed by atoms with Gasteiger partial charge in [-0.25, -0.2) is 0 Å². The second kappa shape index (κ2) is 5.87. The SMILES string of the molecule is CCOC1CC(NC(=O)Cc2ccc(N)cc2)C1. The second-order valence-electron chi connectivity index (χ2n) is 4.73. The van der Waals surface area contributed by atoms with Gasteiger partial charge in [-0.2, -0.15) is 0 Å². The van der Waals surface area contributed by atoms with Crippen molar-refractivity contribution < 1.29 is 9.53 Å². The van der Waals surface area contributed by atoms with E-state index in [1.165, 1.54) is 0 Å². The highest BCUT2D eigenvalue weighted by atomic mass is 16.5. The van der Waals surface area contributed by atoms with Crippen LogP contribution >= 0.6 is 0 Å². The molecule has 98 valence electrons. The van der Waals surface area contributed by atoms with Gasteiger partial charge in [0.2, 0.25) is 5.91 Å². The van der Waals surface area contributed by atoms with Crippen molar-refractivity contribution in [1.29, 1.82) is 0 Å². The lowest BCUT2D eigenvalue weighted by atomic mass is 9.89. The maximum Gasteiger partial charge on any atom is 0.224 e. The Morgan fingerprint density at radius 1 is 1.39 bits per heavy atom. The summed E-state index contributed by atoms with van der Waals surface area (Å²) in [5.41, 5.74) is 7.31. The van der Waals surface area contributed by atoms with Crippen LogP contribution in [0.5, 0.6) is 0 Å². The minimum atomic E-state index is 0.0692. The number of nitrogens with two attached hydrogens (primary N) is 1. The Hall–Kier alpha value is -1.55. The average molecular weight is 248 g/mol. The van der Waals surface area contributed by atoms with Crippen LogP contribution in [0.1, 0.15) is 25.3 Å². The van der Waals surface area contributed by atoms with E-state index < -0.39 is 0 Å².